The van der Waals surface area contributed by atoms with E-state index in [-0.39, 0.29) is 28.0 Å². The number of nitrogens with two attached hydrogens (primary N) is 1. The van der Waals surface area contributed by atoms with Crippen LogP contribution in [0.5, 0.6) is 5.75 Å². The van der Waals surface area contributed by atoms with E-state index in [1.54, 1.807) is 24.0 Å². The van der Waals surface area contributed by atoms with Crippen LogP contribution in [0.3, 0.4) is 0 Å². The average Bonchev–Trinajstić information content (AvgIpc) is 2.80. The first kappa shape index (κ1) is 27.1. The highest BCUT2D eigenvalue weighted by atomic mass is 32.2. The predicted octanol–water partition coefficient (Wildman–Crippen LogP) is 2.77. The SMILES string of the molecule is Cc1cccnc1C(=N)SC(N)=NC(=O)c1ccc(OC(F)(F)F)c(NC(=O)CN2CCOCC2)c1. The van der Waals surface area contributed by atoms with Crippen LogP contribution in [0.1, 0.15) is 21.6 Å². The zero-order chi connectivity index (χ0) is 26.3. The summed E-state index contributed by atoms with van der Waals surface area (Å²) < 4.78 is 47.8. The Labute approximate surface area is 208 Å². The van der Waals surface area contributed by atoms with Gasteiger partial charge < -0.3 is 20.5 Å². The predicted molar refractivity (Wildman–Crippen MR) is 128 cm³/mol. The Morgan fingerprint density at radius 2 is 2.03 bits per heavy atom. The summed E-state index contributed by atoms with van der Waals surface area (Å²) in [6.07, 6.45) is -3.51. The summed E-state index contributed by atoms with van der Waals surface area (Å²) in [5, 5.41) is 10.2. The van der Waals surface area contributed by atoms with E-state index in [0.717, 1.165) is 23.8 Å². The van der Waals surface area contributed by atoms with Crippen LogP contribution in [0.25, 0.3) is 0 Å². The number of pyridine rings is 1. The number of benzene rings is 1. The van der Waals surface area contributed by atoms with Crippen LogP contribution in [0.2, 0.25) is 0 Å². The van der Waals surface area contributed by atoms with Crippen molar-refractivity contribution in [2.24, 2.45) is 10.7 Å². The van der Waals surface area contributed by atoms with E-state index in [4.69, 9.17) is 15.9 Å². The Morgan fingerprint density at radius 3 is 2.69 bits per heavy atom. The summed E-state index contributed by atoms with van der Waals surface area (Å²) in [5.41, 5.74) is 6.40. The standard InChI is InChI=1S/C22H23F3N6O4S/c1-13-3-2-6-28-18(13)19(26)36-21(27)30-20(33)14-4-5-16(35-22(23,24)25)15(11-14)29-17(32)12-31-7-9-34-10-8-31/h2-6,11,26H,7-10,12H2,1H3,(H,29,32)(H2,27,30,33). The molecule has 0 unspecified atom stereocenters. The number of amides is 2. The normalized spacial score (nSPS) is 14.8. The molecule has 36 heavy (non-hydrogen) atoms. The molecule has 0 radical (unpaired) electrons. The van der Waals surface area contributed by atoms with Gasteiger partial charge in [0.25, 0.3) is 5.91 Å². The summed E-state index contributed by atoms with van der Waals surface area (Å²) >= 11 is 0.704. The molecule has 0 atom stereocenters. The number of carbonyl (C=O) groups excluding carboxylic acids is 2. The number of thioether (sulfide) groups is 1. The number of aromatic nitrogens is 1. The van der Waals surface area contributed by atoms with E-state index in [0.29, 0.717) is 43.8 Å². The smallest absolute Gasteiger partial charge is 0.404 e. The van der Waals surface area contributed by atoms with E-state index in [2.05, 4.69) is 20.0 Å². The fourth-order valence-electron chi connectivity index (χ4n) is 3.19. The van der Waals surface area contributed by atoms with E-state index in [1.165, 1.54) is 6.20 Å². The number of anilines is 1. The van der Waals surface area contributed by atoms with Crippen LogP contribution >= 0.6 is 11.8 Å². The van der Waals surface area contributed by atoms with Crippen molar-refractivity contribution in [3.63, 3.8) is 0 Å². The van der Waals surface area contributed by atoms with Gasteiger partial charge in [-0.15, -0.1) is 13.2 Å². The van der Waals surface area contributed by atoms with Gasteiger partial charge in [0.05, 0.1) is 31.1 Å². The zero-order valence-electron chi connectivity index (χ0n) is 19.1. The number of amidine groups is 1. The van der Waals surface area contributed by atoms with Gasteiger partial charge in [-0.2, -0.15) is 4.99 Å². The van der Waals surface area contributed by atoms with Crippen LogP contribution in [0, 0.1) is 12.3 Å². The van der Waals surface area contributed by atoms with Crippen molar-refractivity contribution in [2.45, 2.75) is 13.3 Å². The van der Waals surface area contributed by atoms with Gasteiger partial charge in [-0.25, -0.2) is 0 Å². The maximum absolute atomic E-state index is 12.9. The van der Waals surface area contributed by atoms with Crippen LogP contribution in [-0.4, -0.2) is 71.1 Å². The van der Waals surface area contributed by atoms with Crippen molar-refractivity contribution in [3.8, 4) is 5.75 Å². The lowest BCUT2D eigenvalue weighted by Crippen LogP contribution is -2.41. The van der Waals surface area contributed by atoms with Gasteiger partial charge in [-0.1, -0.05) is 6.07 Å². The van der Waals surface area contributed by atoms with E-state index in [1.807, 2.05) is 0 Å². The lowest BCUT2D eigenvalue weighted by molar-refractivity contribution is -0.274. The quantitative estimate of drug-likeness (QED) is 0.387. The van der Waals surface area contributed by atoms with Gasteiger partial charge in [0.1, 0.15) is 5.04 Å². The highest BCUT2D eigenvalue weighted by molar-refractivity contribution is 8.26. The molecule has 14 heteroatoms. The second-order valence-corrected chi connectivity index (χ2v) is 8.58. The number of hydrogen-bond acceptors (Lipinski definition) is 8. The summed E-state index contributed by atoms with van der Waals surface area (Å²) in [6.45, 7) is 3.55. The van der Waals surface area contributed by atoms with Gasteiger partial charge in [0.15, 0.2) is 10.9 Å². The fraction of sp³-hybridized carbons (Fsp3) is 0.318. The molecule has 0 aliphatic carbocycles. The zero-order valence-corrected chi connectivity index (χ0v) is 19.9. The number of halogens is 3. The van der Waals surface area contributed by atoms with Crippen LogP contribution < -0.4 is 15.8 Å². The molecule has 1 aromatic heterocycles. The molecule has 4 N–H and O–H groups in total. The van der Waals surface area contributed by atoms with Crippen molar-refractivity contribution < 1.29 is 32.2 Å². The molecule has 2 amide bonds. The second-order valence-electron chi connectivity index (χ2n) is 7.55. The summed E-state index contributed by atoms with van der Waals surface area (Å²) in [5.74, 6) is -2.16. The third-order valence-corrected chi connectivity index (χ3v) is 5.54. The van der Waals surface area contributed by atoms with E-state index < -0.39 is 23.9 Å². The third kappa shape index (κ3) is 8.03. The molecule has 0 saturated carbocycles. The minimum absolute atomic E-state index is 0.0351. The molecule has 3 rings (SSSR count). The third-order valence-electron chi connectivity index (χ3n) is 4.84. The van der Waals surface area contributed by atoms with Crippen molar-refractivity contribution in [3.05, 3.63) is 53.3 Å². The topological polar surface area (TPSA) is 143 Å². The molecule has 1 aliphatic heterocycles. The van der Waals surface area contributed by atoms with E-state index >= 15 is 0 Å². The Balaban J connectivity index is 1.76. The van der Waals surface area contributed by atoms with Crippen LogP contribution in [0.4, 0.5) is 18.9 Å². The maximum atomic E-state index is 12.9. The molecule has 1 aliphatic rings. The first-order valence-electron chi connectivity index (χ1n) is 10.6. The molecule has 0 spiro atoms. The molecule has 192 valence electrons. The second kappa shape index (κ2) is 12.0. The molecule has 2 aromatic rings. The Kier molecular flexibility index (Phi) is 9.01. The molecule has 2 heterocycles. The summed E-state index contributed by atoms with van der Waals surface area (Å²) in [6, 6.07) is 6.47. The molecule has 10 nitrogen and oxygen atoms in total. The van der Waals surface area contributed by atoms with Crippen LogP contribution in [0.15, 0.2) is 41.5 Å². The monoisotopic (exact) mass is 524 g/mol. The van der Waals surface area contributed by atoms with Gasteiger partial charge in [-0.3, -0.25) is 24.9 Å². The van der Waals surface area contributed by atoms with Crippen molar-refractivity contribution in [2.75, 3.05) is 38.2 Å². The number of nitrogens with one attached hydrogen (secondary N) is 2. The summed E-state index contributed by atoms with van der Waals surface area (Å²) in [4.78, 5) is 34.7. The highest BCUT2D eigenvalue weighted by Gasteiger charge is 2.32. The van der Waals surface area contributed by atoms with E-state index in [9.17, 15) is 22.8 Å². The van der Waals surface area contributed by atoms with Gasteiger partial charge in [-0.05, 0) is 48.5 Å². The lowest BCUT2D eigenvalue weighted by Gasteiger charge is -2.26. The maximum Gasteiger partial charge on any atom is 0.573 e. The number of rotatable bonds is 6. The number of carbonyl (C=O) groups is 2. The number of alkyl halides is 3. The van der Waals surface area contributed by atoms with Crippen molar-refractivity contribution in [1.82, 2.24) is 9.88 Å². The average molecular weight is 525 g/mol. The largest absolute Gasteiger partial charge is 0.573 e. The number of aryl methyl sites for hydroxylation is 1. The molecule has 0 bridgehead atoms. The first-order valence-corrected chi connectivity index (χ1v) is 11.4. The number of ether oxygens (including phenoxy) is 2. The number of aliphatic imine (C=N–C) groups is 1. The van der Waals surface area contributed by atoms with Crippen LogP contribution in [-0.2, 0) is 9.53 Å². The Bertz CT molecular complexity index is 1170. The van der Waals surface area contributed by atoms with Crippen molar-refractivity contribution in [1.29, 1.82) is 5.41 Å². The van der Waals surface area contributed by atoms with Gasteiger partial charge in [0.2, 0.25) is 5.91 Å². The van der Waals surface area contributed by atoms with Gasteiger partial charge in [0, 0.05) is 24.8 Å². The van der Waals surface area contributed by atoms with Crippen molar-refractivity contribution >= 4 is 39.5 Å². The number of hydrogen-bond donors (Lipinski definition) is 3. The fourth-order valence-corrected chi connectivity index (χ4v) is 3.84. The molecular weight excluding hydrogens is 501 g/mol. The molecular formula is C22H23F3N6O4S. The van der Waals surface area contributed by atoms with Gasteiger partial charge >= 0.3 is 6.36 Å². The Hall–Kier alpha value is -3.49. The minimum atomic E-state index is -5.02. The lowest BCUT2D eigenvalue weighted by atomic mass is 10.1. The minimum Gasteiger partial charge on any atom is -0.404 e. The number of morpholine rings is 1. The molecule has 1 aromatic carbocycles. The number of nitrogens with zero attached hydrogens (tertiary/aromatic N) is 3. The highest BCUT2D eigenvalue weighted by Crippen LogP contribution is 2.31. The summed E-state index contributed by atoms with van der Waals surface area (Å²) in [7, 11) is 0. The molecule has 1 saturated heterocycles. The first-order chi connectivity index (χ1) is 17.0. The Morgan fingerprint density at radius 1 is 1.31 bits per heavy atom. The molecule has 1 fully saturated rings.